The predicted octanol–water partition coefficient (Wildman–Crippen LogP) is 2.68. The van der Waals surface area contributed by atoms with Gasteiger partial charge in [-0.25, -0.2) is 0 Å². The zero-order valence-corrected chi connectivity index (χ0v) is 13.5. The van der Waals surface area contributed by atoms with E-state index < -0.39 is 0 Å². The fraction of sp³-hybridized carbons (Fsp3) is 0.263. The number of hydrogen-bond donors (Lipinski definition) is 1. The fourth-order valence-corrected chi connectivity index (χ4v) is 2.42. The van der Waals surface area contributed by atoms with E-state index in [1.165, 1.54) is 4.90 Å². The summed E-state index contributed by atoms with van der Waals surface area (Å²) < 4.78 is 0. The molecule has 4 heteroatoms. The third kappa shape index (κ3) is 3.85. The number of benzene rings is 2. The van der Waals surface area contributed by atoms with Crippen LogP contribution in [0.3, 0.4) is 0 Å². The molecule has 0 heterocycles. The predicted molar refractivity (Wildman–Crippen MR) is 89.7 cm³/mol. The highest BCUT2D eigenvalue weighted by Gasteiger charge is 2.21. The number of nitrogens with zero attached hydrogens (tertiary/aromatic N) is 1. The van der Waals surface area contributed by atoms with E-state index in [-0.39, 0.29) is 24.8 Å². The summed E-state index contributed by atoms with van der Waals surface area (Å²) in [6.45, 7) is 4.43. The molecule has 0 saturated heterocycles. The van der Waals surface area contributed by atoms with Gasteiger partial charge in [-0.3, -0.25) is 9.59 Å². The van der Waals surface area contributed by atoms with Crippen LogP contribution in [-0.2, 0) is 0 Å². The minimum absolute atomic E-state index is 0.104. The molecular weight excluding hydrogens is 290 g/mol. The number of likely N-dealkylation sites (N-methyl/N-ethyl adjacent to an activating group) is 1. The minimum Gasteiger partial charge on any atom is -0.395 e. The van der Waals surface area contributed by atoms with Crippen LogP contribution < -0.4 is 0 Å². The van der Waals surface area contributed by atoms with Gasteiger partial charge in [0.15, 0.2) is 5.78 Å². The zero-order valence-electron chi connectivity index (χ0n) is 13.5. The molecule has 1 amide bonds. The lowest BCUT2D eigenvalue weighted by atomic mass is 9.97. The summed E-state index contributed by atoms with van der Waals surface area (Å²) >= 11 is 0. The first-order valence-electron chi connectivity index (χ1n) is 7.69. The molecule has 4 nitrogen and oxygen atoms in total. The van der Waals surface area contributed by atoms with E-state index in [1.807, 2.05) is 26.0 Å². The Kier molecular flexibility index (Phi) is 5.66. The zero-order chi connectivity index (χ0) is 16.8. The fourth-order valence-electron chi connectivity index (χ4n) is 2.42. The molecule has 2 aromatic carbocycles. The lowest BCUT2D eigenvalue weighted by Crippen LogP contribution is -2.34. The summed E-state index contributed by atoms with van der Waals surface area (Å²) in [7, 11) is 0. The average molecular weight is 311 g/mol. The quantitative estimate of drug-likeness (QED) is 0.835. The highest BCUT2D eigenvalue weighted by Crippen LogP contribution is 2.17. The Balaban J connectivity index is 2.38. The van der Waals surface area contributed by atoms with Crippen LogP contribution in [0.1, 0.15) is 38.8 Å². The van der Waals surface area contributed by atoms with Crippen LogP contribution in [0.15, 0.2) is 48.5 Å². The first-order chi connectivity index (χ1) is 11.1. The lowest BCUT2D eigenvalue weighted by Gasteiger charge is -2.21. The van der Waals surface area contributed by atoms with Crippen molar-refractivity contribution in [2.75, 3.05) is 19.7 Å². The molecular formula is C19H21NO3. The summed E-state index contributed by atoms with van der Waals surface area (Å²) in [5.41, 5.74) is 2.39. The number of carbonyl (C=O) groups is 2. The molecule has 2 aromatic rings. The molecule has 0 aliphatic rings. The van der Waals surface area contributed by atoms with Crippen molar-refractivity contribution in [1.82, 2.24) is 4.90 Å². The number of amides is 1. The van der Waals surface area contributed by atoms with Gasteiger partial charge in [0.1, 0.15) is 0 Å². The van der Waals surface area contributed by atoms with Gasteiger partial charge in [-0.1, -0.05) is 48.0 Å². The number of ketones is 1. The first-order valence-corrected chi connectivity index (χ1v) is 7.69. The van der Waals surface area contributed by atoms with Crippen molar-refractivity contribution < 1.29 is 14.7 Å². The van der Waals surface area contributed by atoms with Crippen LogP contribution >= 0.6 is 0 Å². The second kappa shape index (κ2) is 7.70. The van der Waals surface area contributed by atoms with Crippen molar-refractivity contribution >= 4 is 11.7 Å². The second-order valence-electron chi connectivity index (χ2n) is 5.35. The van der Waals surface area contributed by atoms with E-state index in [0.29, 0.717) is 23.2 Å². The molecule has 0 aromatic heterocycles. The van der Waals surface area contributed by atoms with Gasteiger partial charge in [-0.15, -0.1) is 0 Å². The highest BCUT2D eigenvalue weighted by molar-refractivity contribution is 6.15. The summed E-state index contributed by atoms with van der Waals surface area (Å²) in [6.07, 6.45) is 0. The van der Waals surface area contributed by atoms with Crippen molar-refractivity contribution in [2.24, 2.45) is 0 Å². The van der Waals surface area contributed by atoms with Crippen molar-refractivity contribution in [2.45, 2.75) is 13.8 Å². The number of aliphatic hydroxyl groups is 1. The Hall–Kier alpha value is -2.46. The van der Waals surface area contributed by atoms with Crippen molar-refractivity contribution in [3.63, 3.8) is 0 Å². The third-order valence-electron chi connectivity index (χ3n) is 3.75. The smallest absolute Gasteiger partial charge is 0.254 e. The molecule has 0 spiro atoms. The SMILES string of the molecule is CCN(CCO)C(=O)c1ccccc1C(=O)c1ccc(C)cc1. The second-order valence-corrected chi connectivity index (χ2v) is 5.35. The third-order valence-corrected chi connectivity index (χ3v) is 3.75. The molecule has 1 N–H and O–H groups in total. The Morgan fingerprint density at radius 3 is 2.17 bits per heavy atom. The Morgan fingerprint density at radius 1 is 1.00 bits per heavy atom. The molecule has 2 rings (SSSR count). The number of aryl methyl sites for hydroxylation is 1. The van der Waals surface area contributed by atoms with Crippen LogP contribution in [-0.4, -0.2) is 41.4 Å². The summed E-state index contributed by atoms with van der Waals surface area (Å²) in [5, 5.41) is 9.09. The Labute approximate surface area is 136 Å². The van der Waals surface area contributed by atoms with Crippen LogP contribution in [0.2, 0.25) is 0 Å². The molecule has 23 heavy (non-hydrogen) atoms. The molecule has 0 radical (unpaired) electrons. The monoisotopic (exact) mass is 311 g/mol. The first kappa shape index (κ1) is 16.9. The van der Waals surface area contributed by atoms with Crippen LogP contribution in [0.25, 0.3) is 0 Å². The summed E-state index contributed by atoms with van der Waals surface area (Å²) in [6, 6.07) is 14.1. The van der Waals surface area contributed by atoms with E-state index in [1.54, 1.807) is 36.4 Å². The lowest BCUT2D eigenvalue weighted by molar-refractivity contribution is 0.0728. The van der Waals surface area contributed by atoms with Gasteiger partial charge in [0.2, 0.25) is 0 Å². The standard InChI is InChI=1S/C19H21NO3/c1-3-20(12-13-21)19(23)17-7-5-4-6-16(17)18(22)15-10-8-14(2)9-11-15/h4-11,21H,3,12-13H2,1-2H3. The van der Waals surface area contributed by atoms with Gasteiger partial charge < -0.3 is 10.0 Å². The van der Waals surface area contributed by atoms with Gasteiger partial charge in [0.25, 0.3) is 5.91 Å². The molecule has 0 saturated carbocycles. The maximum Gasteiger partial charge on any atom is 0.254 e. The summed E-state index contributed by atoms with van der Waals surface area (Å²) in [5.74, 6) is -0.411. The normalized spacial score (nSPS) is 10.4. The van der Waals surface area contributed by atoms with Gasteiger partial charge >= 0.3 is 0 Å². The molecule has 0 atom stereocenters. The van der Waals surface area contributed by atoms with E-state index in [0.717, 1.165) is 5.56 Å². The number of carbonyl (C=O) groups excluding carboxylic acids is 2. The number of aliphatic hydroxyl groups excluding tert-OH is 1. The van der Waals surface area contributed by atoms with Crippen LogP contribution in [0, 0.1) is 6.92 Å². The molecule has 0 fully saturated rings. The van der Waals surface area contributed by atoms with Gasteiger partial charge in [0.05, 0.1) is 12.2 Å². The molecule has 0 unspecified atom stereocenters. The van der Waals surface area contributed by atoms with E-state index in [4.69, 9.17) is 5.11 Å². The number of hydrogen-bond acceptors (Lipinski definition) is 3. The number of rotatable bonds is 6. The van der Waals surface area contributed by atoms with Gasteiger partial charge in [-0.05, 0) is 19.9 Å². The maximum atomic E-state index is 12.7. The van der Waals surface area contributed by atoms with Crippen LogP contribution in [0.5, 0.6) is 0 Å². The molecule has 0 bridgehead atoms. The van der Waals surface area contributed by atoms with Crippen molar-refractivity contribution in [3.05, 3.63) is 70.8 Å². The van der Waals surface area contributed by atoms with Crippen molar-refractivity contribution in [3.8, 4) is 0 Å². The minimum atomic E-state index is -0.238. The molecule has 0 aliphatic carbocycles. The molecule has 120 valence electrons. The summed E-state index contributed by atoms with van der Waals surface area (Å²) in [4.78, 5) is 26.9. The topological polar surface area (TPSA) is 57.6 Å². The van der Waals surface area contributed by atoms with Gasteiger partial charge in [0, 0.05) is 24.2 Å². The largest absolute Gasteiger partial charge is 0.395 e. The maximum absolute atomic E-state index is 12.7. The van der Waals surface area contributed by atoms with Gasteiger partial charge in [-0.2, -0.15) is 0 Å². The van der Waals surface area contributed by atoms with Crippen molar-refractivity contribution in [1.29, 1.82) is 0 Å². The van der Waals surface area contributed by atoms with Crippen LogP contribution in [0.4, 0.5) is 0 Å². The average Bonchev–Trinajstić information content (AvgIpc) is 2.59. The highest BCUT2D eigenvalue weighted by atomic mass is 16.3. The van der Waals surface area contributed by atoms with E-state index >= 15 is 0 Å². The molecule has 0 aliphatic heterocycles. The Bertz CT molecular complexity index is 692. The Morgan fingerprint density at radius 2 is 1.61 bits per heavy atom. The van der Waals surface area contributed by atoms with E-state index in [2.05, 4.69) is 0 Å². The van der Waals surface area contributed by atoms with E-state index in [9.17, 15) is 9.59 Å².